The van der Waals surface area contributed by atoms with E-state index in [9.17, 15) is 18.0 Å². The minimum Gasteiger partial charge on any atom is -0.371 e. The smallest absolute Gasteiger partial charge is 0.371 e. The van der Waals surface area contributed by atoms with Crippen LogP contribution < -0.4 is 5.73 Å². The number of halogens is 3. The zero-order valence-corrected chi connectivity index (χ0v) is 8.17. The first-order chi connectivity index (χ1) is 6.76. The predicted octanol–water partition coefficient (Wildman–Crippen LogP) is 1.22. The molecule has 6 heteroatoms. The Morgan fingerprint density at radius 2 is 2.13 bits per heavy atom. The molecule has 4 unspecified atom stereocenters. The number of alkyl halides is 3. The van der Waals surface area contributed by atoms with Crippen molar-refractivity contribution in [3.8, 4) is 0 Å². The van der Waals surface area contributed by atoms with Crippen LogP contribution in [0.3, 0.4) is 0 Å². The van der Waals surface area contributed by atoms with E-state index in [0.29, 0.717) is 12.8 Å². The van der Waals surface area contributed by atoms with Gasteiger partial charge in [0.1, 0.15) is 0 Å². The predicted molar refractivity (Wildman–Crippen MR) is 44.7 cm³/mol. The molecular formula is C9H12F3NO2. The lowest BCUT2D eigenvalue weighted by Gasteiger charge is -2.32. The normalized spacial score (nSPS) is 44.7. The molecule has 0 aromatic carbocycles. The minimum absolute atomic E-state index is 0.352. The molecule has 2 fully saturated rings. The number of fused-ring (bicyclic) bond motifs is 2. The number of carbonyl (C=O) groups is 1. The van der Waals surface area contributed by atoms with Gasteiger partial charge in [-0.1, -0.05) is 0 Å². The van der Waals surface area contributed by atoms with Gasteiger partial charge in [0.25, 0.3) is 0 Å². The Balaban J connectivity index is 2.36. The summed E-state index contributed by atoms with van der Waals surface area (Å²) in [5.41, 5.74) is 4.02. The number of nitrogens with two attached hydrogens (primary N) is 1. The molecule has 0 aliphatic carbocycles. The molecule has 1 amide bonds. The Hall–Kier alpha value is -0.780. The minimum atomic E-state index is -4.41. The van der Waals surface area contributed by atoms with Gasteiger partial charge in [-0.3, -0.25) is 4.79 Å². The molecule has 0 spiro atoms. The van der Waals surface area contributed by atoms with E-state index in [0.717, 1.165) is 0 Å². The zero-order valence-electron chi connectivity index (χ0n) is 8.17. The molecule has 3 nitrogen and oxygen atoms in total. The lowest BCUT2D eigenvalue weighted by Crippen LogP contribution is -2.48. The van der Waals surface area contributed by atoms with Crippen molar-refractivity contribution in [2.75, 3.05) is 0 Å². The molecule has 2 N–H and O–H groups in total. The highest BCUT2D eigenvalue weighted by Crippen LogP contribution is 2.55. The number of amides is 1. The van der Waals surface area contributed by atoms with E-state index in [1.807, 2.05) is 0 Å². The highest BCUT2D eigenvalue weighted by molar-refractivity contribution is 5.79. The fourth-order valence-corrected chi connectivity index (χ4v) is 2.85. The van der Waals surface area contributed by atoms with Crippen LogP contribution in [0.15, 0.2) is 0 Å². The Labute approximate surface area is 84.8 Å². The lowest BCUT2D eigenvalue weighted by atomic mass is 9.72. The summed E-state index contributed by atoms with van der Waals surface area (Å²) in [7, 11) is 0. The van der Waals surface area contributed by atoms with Crippen molar-refractivity contribution in [2.24, 2.45) is 17.6 Å². The second kappa shape index (κ2) is 2.87. The molecule has 2 rings (SSSR count). The van der Waals surface area contributed by atoms with Crippen molar-refractivity contribution in [3.63, 3.8) is 0 Å². The van der Waals surface area contributed by atoms with Crippen molar-refractivity contribution < 1.29 is 22.7 Å². The fourth-order valence-electron chi connectivity index (χ4n) is 2.85. The summed E-state index contributed by atoms with van der Waals surface area (Å²) in [5, 5.41) is 0. The van der Waals surface area contributed by atoms with Crippen molar-refractivity contribution in [1.29, 1.82) is 0 Å². The molecule has 4 atom stereocenters. The van der Waals surface area contributed by atoms with Crippen molar-refractivity contribution in [1.82, 2.24) is 0 Å². The standard InChI is InChI=1S/C9H12F3NO2/c1-8-3-2-4(15-8)5(9(10,11)12)6(8)7(13)14/h4-6H,2-3H2,1H3,(H2,13,14). The third kappa shape index (κ3) is 1.42. The molecule has 2 saturated heterocycles. The van der Waals surface area contributed by atoms with Gasteiger partial charge in [0.2, 0.25) is 5.91 Å². The summed E-state index contributed by atoms with van der Waals surface area (Å²) in [4.78, 5) is 11.1. The molecule has 2 bridgehead atoms. The van der Waals surface area contributed by atoms with Crippen LogP contribution in [0.4, 0.5) is 13.2 Å². The second-order valence-corrected chi connectivity index (χ2v) is 4.46. The van der Waals surface area contributed by atoms with Crippen LogP contribution in [0.5, 0.6) is 0 Å². The maximum absolute atomic E-state index is 12.7. The molecule has 0 radical (unpaired) electrons. The molecule has 0 aromatic rings. The maximum Gasteiger partial charge on any atom is 0.395 e. The average Bonchev–Trinajstić information content (AvgIpc) is 2.53. The number of rotatable bonds is 1. The van der Waals surface area contributed by atoms with Crippen LogP contribution in [-0.2, 0) is 9.53 Å². The summed E-state index contributed by atoms with van der Waals surface area (Å²) in [6.07, 6.45) is -4.49. The lowest BCUT2D eigenvalue weighted by molar-refractivity contribution is -0.197. The van der Waals surface area contributed by atoms with Crippen LogP contribution in [0, 0.1) is 11.8 Å². The average molecular weight is 223 g/mol. The molecule has 2 heterocycles. The first-order valence-electron chi connectivity index (χ1n) is 4.79. The molecule has 2 aliphatic rings. The quantitative estimate of drug-likeness (QED) is 0.726. The molecule has 86 valence electrons. The summed E-state index contributed by atoms with van der Waals surface area (Å²) >= 11 is 0. The third-order valence-corrected chi connectivity index (χ3v) is 3.45. The Kier molecular flexibility index (Phi) is 2.05. The highest BCUT2D eigenvalue weighted by atomic mass is 19.4. The Morgan fingerprint density at radius 1 is 1.53 bits per heavy atom. The maximum atomic E-state index is 12.7. The van der Waals surface area contributed by atoms with Gasteiger partial charge in [-0.15, -0.1) is 0 Å². The van der Waals surface area contributed by atoms with Gasteiger partial charge < -0.3 is 10.5 Å². The number of primary amides is 1. The largest absolute Gasteiger partial charge is 0.395 e. The zero-order chi connectivity index (χ0) is 11.4. The molecule has 0 aromatic heterocycles. The molecule has 15 heavy (non-hydrogen) atoms. The van der Waals surface area contributed by atoms with E-state index in [1.54, 1.807) is 0 Å². The van der Waals surface area contributed by atoms with Crippen LogP contribution in [0.1, 0.15) is 19.8 Å². The molecular weight excluding hydrogens is 211 g/mol. The van der Waals surface area contributed by atoms with Gasteiger partial charge in [-0.2, -0.15) is 13.2 Å². The SMILES string of the molecule is CC12CCC(O1)C(C(F)(F)F)C2C(N)=O. The Morgan fingerprint density at radius 3 is 2.53 bits per heavy atom. The fraction of sp³-hybridized carbons (Fsp3) is 0.889. The van der Waals surface area contributed by atoms with E-state index < -0.39 is 35.6 Å². The monoisotopic (exact) mass is 223 g/mol. The van der Waals surface area contributed by atoms with E-state index in [4.69, 9.17) is 10.5 Å². The van der Waals surface area contributed by atoms with Gasteiger partial charge in [0, 0.05) is 0 Å². The number of carbonyl (C=O) groups excluding carboxylic acids is 1. The summed E-state index contributed by atoms with van der Waals surface area (Å²) in [5.74, 6) is -3.88. The van der Waals surface area contributed by atoms with E-state index in [2.05, 4.69) is 0 Å². The highest BCUT2D eigenvalue weighted by Gasteiger charge is 2.66. The summed E-state index contributed by atoms with van der Waals surface area (Å²) in [6, 6.07) is 0. The van der Waals surface area contributed by atoms with Crippen LogP contribution in [-0.4, -0.2) is 23.8 Å². The van der Waals surface area contributed by atoms with Gasteiger partial charge in [-0.05, 0) is 19.8 Å². The van der Waals surface area contributed by atoms with Crippen LogP contribution >= 0.6 is 0 Å². The second-order valence-electron chi connectivity index (χ2n) is 4.46. The molecule has 2 aliphatic heterocycles. The van der Waals surface area contributed by atoms with E-state index in [-0.39, 0.29) is 0 Å². The van der Waals surface area contributed by atoms with Gasteiger partial charge in [0.05, 0.1) is 23.5 Å². The first kappa shape index (κ1) is 10.7. The first-order valence-corrected chi connectivity index (χ1v) is 4.79. The van der Waals surface area contributed by atoms with Crippen molar-refractivity contribution in [2.45, 2.75) is 37.6 Å². The van der Waals surface area contributed by atoms with Crippen LogP contribution in [0.2, 0.25) is 0 Å². The topological polar surface area (TPSA) is 52.3 Å². The summed E-state index contributed by atoms with van der Waals surface area (Å²) in [6.45, 7) is 1.54. The van der Waals surface area contributed by atoms with Crippen LogP contribution in [0.25, 0.3) is 0 Å². The van der Waals surface area contributed by atoms with Gasteiger partial charge in [-0.25, -0.2) is 0 Å². The number of ether oxygens (including phenoxy) is 1. The van der Waals surface area contributed by atoms with Crippen molar-refractivity contribution in [3.05, 3.63) is 0 Å². The van der Waals surface area contributed by atoms with E-state index >= 15 is 0 Å². The van der Waals surface area contributed by atoms with Gasteiger partial charge >= 0.3 is 6.18 Å². The third-order valence-electron chi connectivity index (χ3n) is 3.45. The van der Waals surface area contributed by atoms with Gasteiger partial charge in [0.15, 0.2) is 0 Å². The Bertz CT molecular complexity index is 304. The number of hydrogen-bond acceptors (Lipinski definition) is 2. The summed E-state index contributed by atoms with van der Waals surface area (Å²) < 4.78 is 43.4. The molecule has 0 saturated carbocycles. The van der Waals surface area contributed by atoms with Crippen molar-refractivity contribution >= 4 is 5.91 Å². The number of hydrogen-bond donors (Lipinski definition) is 1. The van der Waals surface area contributed by atoms with E-state index in [1.165, 1.54) is 6.92 Å².